The molecule has 2 atom stereocenters. The third-order valence-electron chi connectivity index (χ3n) is 3.80. The number of hydrogen-bond donors (Lipinski definition) is 2. The number of esters is 1. The molecule has 8 heteroatoms. The highest BCUT2D eigenvalue weighted by molar-refractivity contribution is 6.30. The van der Waals surface area contributed by atoms with Gasteiger partial charge in [-0.2, -0.15) is 0 Å². The van der Waals surface area contributed by atoms with E-state index in [2.05, 4.69) is 10.6 Å². The molecule has 150 valence electrons. The van der Waals surface area contributed by atoms with Crippen molar-refractivity contribution in [3.8, 4) is 0 Å². The predicted octanol–water partition coefficient (Wildman–Crippen LogP) is 2.87. The van der Waals surface area contributed by atoms with Crippen LogP contribution in [0.15, 0.2) is 24.3 Å². The number of carbonyl (C=O) groups excluding carboxylic acids is 3. The van der Waals surface area contributed by atoms with Gasteiger partial charge in [0.1, 0.15) is 6.04 Å². The number of halogens is 1. The summed E-state index contributed by atoms with van der Waals surface area (Å²) in [6, 6.07) is 5.94. The molecule has 2 amide bonds. The number of carbonyl (C=O) groups is 3. The SMILES string of the molecule is COC(=O)C(CNC(=O)C(NC(=O)OC(C)C)C(C)C)c1ccc(Cl)cc1. The lowest BCUT2D eigenvalue weighted by molar-refractivity contribution is -0.142. The first-order valence-corrected chi connectivity index (χ1v) is 9.11. The molecule has 1 aromatic rings. The summed E-state index contributed by atoms with van der Waals surface area (Å²) < 4.78 is 9.86. The Labute approximate surface area is 164 Å². The smallest absolute Gasteiger partial charge is 0.408 e. The quantitative estimate of drug-likeness (QED) is 0.656. The van der Waals surface area contributed by atoms with Crippen LogP contribution < -0.4 is 10.6 Å². The van der Waals surface area contributed by atoms with E-state index < -0.39 is 29.9 Å². The fourth-order valence-electron chi connectivity index (χ4n) is 2.40. The number of benzene rings is 1. The van der Waals surface area contributed by atoms with Crippen LogP contribution in [-0.4, -0.2) is 43.8 Å². The summed E-state index contributed by atoms with van der Waals surface area (Å²) in [7, 11) is 1.29. The first-order chi connectivity index (χ1) is 12.6. The van der Waals surface area contributed by atoms with Crippen LogP contribution in [0.2, 0.25) is 5.02 Å². The Balaban J connectivity index is 2.82. The summed E-state index contributed by atoms with van der Waals surface area (Å²) in [5.41, 5.74) is 0.667. The molecule has 0 aromatic heterocycles. The van der Waals surface area contributed by atoms with Gasteiger partial charge in [-0.25, -0.2) is 4.79 Å². The van der Waals surface area contributed by atoms with Crippen LogP contribution in [0.1, 0.15) is 39.2 Å². The van der Waals surface area contributed by atoms with Crippen LogP contribution in [0, 0.1) is 5.92 Å². The van der Waals surface area contributed by atoms with Crippen LogP contribution in [0.4, 0.5) is 4.79 Å². The lowest BCUT2D eigenvalue weighted by atomic mass is 9.98. The number of nitrogens with one attached hydrogen (secondary N) is 2. The Kier molecular flexibility index (Phi) is 9.08. The molecule has 0 aliphatic carbocycles. The number of alkyl carbamates (subject to hydrolysis) is 1. The fraction of sp³-hybridized carbons (Fsp3) is 0.526. The maximum Gasteiger partial charge on any atom is 0.408 e. The normalized spacial score (nSPS) is 13.0. The van der Waals surface area contributed by atoms with E-state index in [-0.39, 0.29) is 18.6 Å². The lowest BCUT2D eigenvalue weighted by Crippen LogP contribution is -2.51. The maximum absolute atomic E-state index is 12.6. The van der Waals surface area contributed by atoms with Gasteiger partial charge in [-0.3, -0.25) is 9.59 Å². The van der Waals surface area contributed by atoms with Crippen molar-refractivity contribution in [3.05, 3.63) is 34.9 Å². The van der Waals surface area contributed by atoms with Crippen LogP contribution in [-0.2, 0) is 19.1 Å². The van der Waals surface area contributed by atoms with Gasteiger partial charge in [0, 0.05) is 11.6 Å². The summed E-state index contributed by atoms with van der Waals surface area (Å²) in [5.74, 6) is -1.75. The van der Waals surface area contributed by atoms with Crippen molar-refractivity contribution in [2.24, 2.45) is 5.92 Å². The van der Waals surface area contributed by atoms with E-state index >= 15 is 0 Å². The zero-order valence-corrected chi connectivity index (χ0v) is 17.0. The Morgan fingerprint density at radius 2 is 1.67 bits per heavy atom. The van der Waals surface area contributed by atoms with Crippen LogP contribution >= 0.6 is 11.6 Å². The topological polar surface area (TPSA) is 93.7 Å². The van der Waals surface area contributed by atoms with E-state index in [9.17, 15) is 14.4 Å². The van der Waals surface area contributed by atoms with Gasteiger partial charge in [0.2, 0.25) is 5.91 Å². The van der Waals surface area contributed by atoms with E-state index in [0.717, 1.165) is 0 Å². The number of amides is 2. The molecule has 7 nitrogen and oxygen atoms in total. The van der Waals surface area contributed by atoms with Gasteiger partial charge in [0.15, 0.2) is 0 Å². The van der Waals surface area contributed by atoms with Crippen LogP contribution in [0.25, 0.3) is 0 Å². The summed E-state index contributed by atoms with van der Waals surface area (Å²) in [4.78, 5) is 36.5. The van der Waals surface area contributed by atoms with E-state index in [1.165, 1.54) is 7.11 Å². The second-order valence-electron chi connectivity index (χ2n) is 6.69. The van der Waals surface area contributed by atoms with Crippen molar-refractivity contribution >= 4 is 29.6 Å². The monoisotopic (exact) mass is 398 g/mol. The molecule has 0 heterocycles. The third kappa shape index (κ3) is 7.46. The molecule has 1 aromatic carbocycles. The molecule has 2 N–H and O–H groups in total. The number of rotatable bonds is 8. The van der Waals surface area contributed by atoms with Crippen molar-refractivity contribution in [1.82, 2.24) is 10.6 Å². The molecule has 0 fully saturated rings. The molecule has 0 bridgehead atoms. The molecule has 0 spiro atoms. The van der Waals surface area contributed by atoms with E-state index in [0.29, 0.717) is 10.6 Å². The largest absolute Gasteiger partial charge is 0.468 e. The first-order valence-electron chi connectivity index (χ1n) is 8.73. The third-order valence-corrected chi connectivity index (χ3v) is 4.06. The van der Waals surface area contributed by atoms with Gasteiger partial charge in [-0.15, -0.1) is 0 Å². The molecular formula is C19H27ClN2O5. The Bertz CT molecular complexity index is 646. The van der Waals surface area contributed by atoms with E-state index in [1.54, 1.807) is 52.0 Å². The molecule has 0 saturated carbocycles. The van der Waals surface area contributed by atoms with Crippen molar-refractivity contribution in [1.29, 1.82) is 0 Å². The molecule has 0 aliphatic rings. The number of hydrogen-bond acceptors (Lipinski definition) is 5. The average Bonchev–Trinajstić information content (AvgIpc) is 2.59. The van der Waals surface area contributed by atoms with Crippen molar-refractivity contribution in [3.63, 3.8) is 0 Å². The summed E-state index contributed by atoms with van der Waals surface area (Å²) in [5, 5.41) is 5.80. The van der Waals surface area contributed by atoms with Crippen LogP contribution in [0.5, 0.6) is 0 Å². The zero-order chi connectivity index (χ0) is 20.6. The van der Waals surface area contributed by atoms with Crippen LogP contribution in [0.3, 0.4) is 0 Å². The zero-order valence-electron chi connectivity index (χ0n) is 16.2. The average molecular weight is 399 g/mol. The van der Waals surface area contributed by atoms with Crippen molar-refractivity contribution in [2.45, 2.75) is 45.8 Å². The van der Waals surface area contributed by atoms with Gasteiger partial charge >= 0.3 is 12.1 Å². The van der Waals surface area contributed by atoms with E-state index in [4.69, 9.17) is 21.1 Å². The fourth-order valence-corrected chi connectivity index (χ4v) is 2.52. The lowest BCUT2D eigenvalue weighted by Gasteiger charge is -2.23. The number of methoxy groups -OCH3 is 1. The van der Waals surface area contributed by atoms with Crippen molar-refractivity contribution < 1.29 is 23.9 Å². The Hall–Kier alpha value is -2.28. The Morgan fingerprint density at radius 1 is 1.07 bits per heavy atom. The van der Waals surface area contributed by atoms with Crippen molar-refractivity contribution in [2.75, 3.05) is 13.7 Å². The second kappa shape index (κ2) is 10.8. The molecule has 0 radical (unpaired) electrons. The maximum atomic E-state index is 12.6. The van der Waals surface area contributed by atoms with Gasteiger partial charge in [-0.05, 0) is 37.5 Å². The second-order valence-corrected chi connectivity index (χ2v) is 7.13. The molecule has 0 aliphatic heterocycles. The summed E-state index contributed by atoms with van der Waals surface area (Å²) >= 11 is 5.88. The first kappa shape index (κ1) is 22.8. The summed E-state index contributed by atoms with van der Waals surface area (Å²) in [6.45, 7) is 7.07. The molecule has 1 rings (SSSR count). The standard InChI is InChI=1S/C19H27ClN2O5/c1-11(2)16(22-19(25)27-12(3)4)17(23)21-10-15(18(24)26-5)13-6-8-14(20)9-7-13/h6-9,11-12,15-16H,10H2,1-5H3,(H,21,23)(H,22,25). The highest BCUT2D eigenvalue weighted by Crippen LogP contribution is 2.19. The minimum absolute atomic E-state index is 0.0251. The molecule has 2 unspecified atom stereocenters. The summed E-state index contributed by atoms with van der Waals surface area (Å²) in [6.07, 6.45) is -0.962. The van der Waals surface area contributed by atoms with Gasteiger partial charge in [0.25, 0.3) is 0 Å². The van der Waals surface area contributed by atoms with Gasteiger partial charge in [0.05, 0.1) is 19.1 Å². The van der Waals surface area contributed by atoms with E-state index in [1.807, 2.05) is 0 Å². The molecule has 0 saturated heterocycles. The minimum Gasteiger partial charge on any atom is -0.468 e. The molecule has 27 heavy (non-hydrogen) atoms. The van der Waals surface area contributed by atoms with Gasteiger partial charge in [-0.1, -0.05) is 37.6 Å². The highest BCUT2D eigenvalue weighted by Gasteiger charge is 2.28. The number of ether oxygens (including phenoxy) is 2. The predicted molar refractivity (Wildman–Crippen MR) is 103 cm³/mol. The minimum atomic E-state index is -0.792. The highest BCUT2D eigenvalue weighted by atomic mass is 35.5. The van der Waals surface area contributed by atoms with Gasteiger partial charge < -0.3 is 20.1 Å². The molecular weight excluding hydrogens is 372 g/mol. The Morgan fingerprint density at radius 3 is 2.15 bits per heavy atom.